The van der Waals surface area contributed by atoms with Crippen LogP contribution in [0.3, 0.4) is 0 Å². The first kappa shape index (κ1) is 16.6. The maximum Gasteiger partial charge on any atom is 0.137 e. The van der Waals surface area contributed by atoms with Gasteiger partial charge in [-0.05, 0) is 75.9 Å². The Bertz CT molecular complexity index is 429. The van der Waals surface area contributed by atoms with Crippen LogP contribution in [0.4, 0.5) is 0 Å². The monoisotopic (exact) mass is 310 g/mol. The van der Waals surface area contributed by atoms with Crippen molar-refractivity contribution in [1.82, 2.24) is 4.90 Å². The fourth-order valence-corrected chi connectivity index (χ4v) is 2.86. The molecule has 3 rings (SSSR count). The number of benzene rings is 1. The van der Waals surface area contributed by atoms with E-state index in [9.17, 15) is 0 Å². The van der Waals surface area contributed by atoms with E-state index < -0.39 is 0 Å². The third kappa shape index (κ3) is 5.50. The molecule has 0 radical (unpaired) electrons. The summed E-state index contributed by atoms with van der Waals surface area (Å²) in [6, 6.07) is 6.26. The van der Waals surface area contributed by atoms with Gasteiger partial charge in [-0.3, -0.25) is 0 Å². The van der Waals surface area contributed by atoms with Gasteiger partial charge in [0.25, 0.3) is 0 Å². The normalized spacial score (nSPS) is 18.2. The Morgan fingerprint density at radius 2 is 1.95 bits per heavy atom. The molecule has 0 amide bonds. The van der Waals surface area contributed by atoms with E-state index in [-0.39, 0.29) is 0 Å². The van der Waals surface area contributed by atoms with Gasteiger partial charge in [-0.2, -0.15) is 0 Å². The lowest BCUT2D eigenvalue weighted by Gasteiger charge is -2.15. The van der Waals surface area contributed by atoms with Crippen LogP contribution in [0, 0.1) is 5.92 Å². The lowest BCUT2D eigenvalue weighted by atomic mass is 10.1. The van der Waals surface area contributed by atoms with Crippen molar-refractivity contribution in [1.29, 1.82) is 0 Å². The molecule has 1 heterocycles. The lowest BCUT2D eigenvalue weighted by molar-refractivity contribution is 0.300. The minimum absolute atomic E-state index is 0.763. The maximum absolute atomic E-state index is 6.29. The maximum atomic E-state index is 6.29. The van der Waals surface area contributed by atoms with Gasteiger partial charge in [0.15, 0.2) is 0 Å². The zero-order chi connectivity index (χ0) is 15.1. The molecule has 1 saturated carbocycles. The van der Waals surface area contributed by atoms with Gasteiger partial charge in [0, 0.05) is 6.54 Å². The van der Waals surface area contributed by atoms with Gasteiger partial charge in [-0.1, -0.05) is 17.7 Å². The summed E-state index contributed by atoms with van der Waals surface area (Å²) in [5, 5.41) is 0.763. The molecule has 0 atom stereocenters. The van der Waals surface area contributed by atoms with Crippen LogP contribution in [0.2, 0.25) is 5.02 Å². The smallest absolute Gasteiger partial charge is 0.137 e. The summed E-state index contributed by atoms with van der Waals surface area (Å²) in [5.41, 5.74) is 5.82. The summed E-state index contributed by atoms with van der Waals surface area (Å²) in [6.07, 6.45) is 6.42. The van der Waals surface area contributed by atoms with Crippen LogP contribution in [0.25, 0.3) is 0 Å². The molecular weight excluding hydrogens is 284 g/mol. The number of nitrogens with two attached hydrogens (primary N) is 1. The number of hydrogen-bond donors (Lipinski definition) is 1. The summed E-state index contributed by atoms with van der Waals surface area (Å²) in [5.74, 6) is 1.62. The predicted octanol–water partition coefficient (Wildman–Crippen LogP) is 3.34. The van der Waals surface area contributed by atoms with Gasteiger partial charge in [0.05, 0.1) is 11.6 Å². The van der Waals surface area contributed by atoms with Crippen LogP contribution in [-0.2, 0) is 6.42 Å². The van der Waals surface area contributed by atoms with E-state index in [0.29, 0.717) is 0 Å². The van der Waals surface area contributed by atoms with Gasteiger partial charge in [-0.15, -0.1) is 0 Å². The predicted molar refractivity (Wildman–Crippen MR) is 89.2 cm³/mol. The van der Waals surface area contributed by atoms with Gasteiger partial charge in [-0.25, -0.2) is 0 Å². The Morgan fingerprint density at radius 1 is 1.24 bits per heavy atom. The first-order valence-electron chi connectivity index (χ1n) is 8.02. The van der Waals surface area contributed by atoms with E-state index in [0.717, 1.165) is 36.3 Å². The highest BCUT2D eigenvalue weighted by molar-refractivity contribution is 6.32. The number of ether oxygens (including phenoxy) is 1. The van der Waals surface area contributed by atoms with E-state index in [2.05, 4.69) is 22.8 Å². The highest BCUT2D eigenvalue weighted by Gasteiger charge is 2.22. The van der Waals surface area contributed by atoms with E-state index in [1.54, 1.807) is 0 Å². The molecule has 3 nitrogen and oxygen atoms in total. The Balaban J connectivity index is 0.000000774. The molecule has 1 aliphatic heterocycles. The summed E-state index contributed by atoms with van der Waals surface area (Å²) < 4.78 is 5.75. The summed E-state index contributed by atoms with van der Waals surface area (Å²) in [6.45, 7) is 4.50. The van der Waals surface area contributed by atoms with Gasteiger partial charge >= 0.3 is 0 Å². The SMILES string of the molecule is CN.Clc1cc(CCN2CCCC2)ccc1OCC1CC1. The second-order valence-electron chi connectivity index (χ2n) is 5.82. The quantitative estimate of drug-likeness (QED) is 0.876. The molecule has 2 N–H and O–H groups in total. The standard InChI is InChI=1S/C16H22ClNO.CH5N/c17-15-11-13(7-10-18-8-1-2-9-18)5-6-16(15)19-12-14-3-4-14;1-2/h5-6,11,14H,1-4,7-10,12H2;2H2,1H3. The van der Waals surface area contributed by atoms with Gasteiger partial charge in [0.1, 0.15) is 5.75 Å². The van der Waals surface area contributed by atoms with Crippen LogP contribution in [-0.4, -0.2) is 38.2 Å². The van der Waals surface area contributed by atoms with Crippen molar-refractivity contribution in [2.75, 3.05) is 33.3 Å². The average molecular weight is 311 g/mol. The third-order valence-electron chi connectivity index (χ3n) is 4.08. The average Bonchev–Trinajstić information content (AvgIpc) is 3.20. The van der Waals surface area contributed by atoms with E-state index in [1.165, 1.54) is 51.4 Å². The van der Waals surface area contributed by atoms with E-state index in [4.69, 9.17) is 16.3 Å². The zero-order valence-electron chi connectivity index (χ0n) is 13.0. The highest BCUT2D eigenvalue weighted by atomic mass is 35.5. The third-order valence-corrected chi connectivity index (χ3v) is 4.38. The minimum atomic E-state index is 0.763. The first-order valence-corrected chi connectivity index (χ1v) is 8.40. The van der Waals surface area contributed by atoms with Crippen LogP contribution in [0.5, 0.6) is 5.75 Å². The molecule has 0 aromatic heterocycles. The molecule has 21 heavy (non-hydrogen) atoms. The van der Waals surface area contributed by atoms with E-state index >= 15 is 0 Å². The number of rotatable bonds is 6. The van der Waals surface area contributed by atoms with Crippen molar-refractivity contribution in [3.8, 4) is 5.75 Å². The van der Waals surface area contributed by atoms with E-state index in [1.807, 2.05) is 6.07 Å². The van der Waals surface area contributed by atoms with Crippen molar-refractivity contribution in [3.05, 3.63) is 28.8 Å². The zero-order valence-corrected chi connectivity index (χ0v) is 13.7. The number of nitrogens with zero attached hydrogens (tertiary/aromatic N) is 1. The van der Waals surface area contributed by atoms with Crippen LogP contribution in [0.15, 0.2) is 18.2 Å². The van der Waals surface area contributed by atoms with Gasteiger partial charge in [0.2, 0.25) is 0 Å². The molecule has 2 fully saturated rings. The molecule has 2 aliphatic rings. The first-order chi connectivity index (χ1) is 10.3. The molecule has 0 bridgehead atoms. The second-order valence-corrected chi connectivity index (χ2v) is 6.23. The van der Waals surface area contributed by atoms with Gasteiger partial charge < -0.3 is 15.4 Å². The largest absolute Gasteiger partial charge is 0.492 e. The van der Waals surface area contributed by atoms with Crippen molar-refractivity contribution < 1.29 is 4.74 Å². The second kappa shape index (κ2) is 8.62. The Labute approximate surface area is 133 Å². The molecular formula is C17H27ClN2O. The Kier molecular flexibility index (Phi) is 6.81. The Hall–Kier alpha value is -0.770. The summed E-state index contributed by atoms with van der Waals surface area (Å²) in [7, 11) is 1.50. The summed E-state index contributed by atoms with van der Waals surface area (Å²) >= 11 is 6.29. The number of halogens is 1. The number of hydrogen-bond acceptors (Lipinski definition) is 3. The van der Waals surface area contributed by atoms with Crippen LogP contribution in [0.1, 0.15) is 31.2 Å². The molecule has 1 aliphatic carbocycles. The van der Waals surface area contributed by atoms with Crippen LogP contribution >= 0.6 is 11.6 Å². The molecule has 4 heteroatoms. The molecule has 0 unspecified atom stereocenters. The fraction of sp³-hybridized carbons (Fsp3) is 0.647. The molecule has 1 aromatic carbocycles. The lowest BCUT2D eigenvalue weighted by Crippen LogP contribution is -2.21. The highest BCUT2D eigenvalue weighted by Crippen LogP contribution is 2.32. The van der Waals surface area contributed by atoms with Crippen molar-refractivity contribution in [3.63, 3.8) is 0 Å². The molecule has 0 spiro atoms. The van der Waals surface area contributed by atoms with Crippen molar-refractivity contribution in [2.45, 2.75) is 32.1 Å². The van der Waals surface area contributed by atoms with Crippen LogP contribution < -0.4 is 10.5 Å². The van der Waals surface area contributed by atoms with Crippen molar-refractivity contribution >= 4 is 11.6 Å². The molecule has 1 saturated heterocycles. The molecule has 1 aromatic rings. The Morgan fingerprint density at radius 3 is 2.57 bits per heavy atom. The summed E-state index contributed by atoms with van der Waals surface area (Å²) in [4.78, 5) is 2.53. The van der Waals surface area contributed by atoms with Crippen molar-refractivity contribution in [2.24, 2.45) is 11.7 Å². The topological polar surface area (TPSA) is 38.5 Å². The fourth-order valence-electron chi connectivity index (χ4n) is 2.60. The minimum Gasteiger partial charge on any atom is -0.492 e. The molecule has 118 valence electrons. The number of likely N-dealkylation sites (tertiary alicyclic amines) is 1.